The molecular formula is C18H20N6O4. The summed E-state index contributed by atoms with van der Waals surface area (Å²) in [5, 5.41) is 2.83. The van der Waals surface area contributed by atoms with Crippen LogP contribution in [0.3, 0.4) is 0 Å². The number of hydrogen-bond acceptors (Lipinski definition) is 5. The third kappa shape index (κ3) is 3.81. The number of nitrogens with one attached hydrogen (secondary N) is 4. The number of imidazole rings is 1. The van der Waals surface area contributed by atoms with Gasteiger partial charge in [0.2, 0.25) is 5.91 Å². The number of benzene rings is 1. The Hall–Kier alpha value is -3.40. The highest BCUT2D eigenvalue weighted by atomic mass is 16.2. The molecule has 146 valence electrons. The zero-order valence-electron chi connectivity index (χ0n) is 15.0. The molecule has 0 aliphatic carbocycles. The second-order valence-electron chi connectivity index (χ2n) is 6.94. The van der Waals surface area contributed by atoms with E-state index in [1.54, 1.807) is 18.2 Å². The van der Waals surface area contributed by atoms with E-state index < -0.39 is 11.2 Å². The molecule has 4 rings (SSSR count). The molecule has 1 atom stereocenters. The van der Waals surface area contributed by atoms with E-state index in [2.05, 4.69) is 20.3 Å². The largest absolute Gasteiger partial charge is 0.328 e. The number of hydrogen-bond donors (Lipinski definition) is 4. The molecule has 10 nitrogen and oxygen atoms in total. The third-order valence-electron chi connectivity index (χ3n) is 4.89. The van der Waals surface area contributed by atoms with E-state index >= 15 is 0 Å². The number of rotatable bonds is 4. The van der Waals surface area contributed by atoms with Crippen LogP contribution in [-0.4, -0.2) is 50.0 Å². The van der Waals surface area contributed by atoms with Gasteiger partial charge in [0, 0.05) is 24.5 Å². The topological polar surface area (TPSA) is 136 Å². The Morgan fingerprint density at radius 1 is 1.11 bits per heavy atom. The number of carbonyl (C=O) groups excluding carboxylic acids is 1. The van der Waals surface area contributed by atoms with Crippen LogP contribution in [0.1, 0.15) is 18.9 Å². The van der Waals surface area contributed by atoms with Gasteiger partial charge in [-0.3, -0.25) is 24.0 Å². The average Bonchev–Trinajstić information content (AvgIpc) is 3.01. The molecule has 1 aromatic carbocycles. The van der Waals surface area contributed by atoms with Crippen molar-refractivity contribution in [2.24, 2.45) is 0 Å². The molecule has 0 saturated carbocycles. The maximum Gasteiger partial charge on any atom is 0.328 e. The standard InChI is InChI=1S/C18H20N6O4/c25-15-5-7-24(18(28)22-15)12-2-1-6-23(9-12)10-16(26)19-11-3-4-13-14(8-11)21-17(27)20-13/h3-5,7-8,12H,1-2,6,9-10H2,(H,19,26)(H2,20,21,27)(H,22,25,28). The summed E-state index contributed by atoms with van der Waals surface area (Å²) in [6, 6.07) is 6.39. The molecule has 1 aliphatic rings. The number of aromatic amines is 3. The van der Waals surface area contributed by atoms with Crippen LogP contribution in [-0.2, 0) is 4.79 Å². The van der Waals surface area contributed by atoms with E-state index in [0.29, 0.717) is 23.3 Å². The maximum atomic E-state index is 12.4. The van der Waals surface area contributed by atoms with Gasteiger partial charge in [-0.05, 0) is 37.6 Å². The fourth-order valence-electron chi connectivity index (χ4n) is 3.63. The van der Waals surface area contributed by atoms with Gasteiger partial charge in [0.1, 0.15) is 0 Å². The van der Waals surface area contributed by atoms with Crippen LogP contribution in [0.5, 0.6) is 0 Å². The predicted molar refractivity (Wildman–Crippen MR) is 104 cm³/mol. The normalized spacial score (nSPS) is 17.6. The van der Waals surface area contributed by atoms with Crippen LogP contribution in [0.25, 0.3) is 11.0 Å². The highest BCUT2D eigenvalue weighted by Crippen LogP contribution is 2.20. The fraction of sp³-hybridized carbons (Fsp3) is 0.333. The molecule has 4 N–H and O–H groups in total. The van der Waals surface area contributed by atoms with Crippen LogP contribution in [0.4, 0.5) is 5.69 Å². The van der Waals surface area contributed by atoms with Crippen LogP contribution in [0.15, 0.2) is 44.8 Å². The van der Waals surface area contributed by atoms with Gasteiger partial charge in [0.05, 0.1) is 23.6 Å². The molecule has 1 aliphatic heterocycles. The van der Waals surface area contributed by atoms with Crippen molar-refractivity contribution >= 4 is 22.6 Å². The van der Waals surface area contributed by atoms with Gasteiger partial charge in [0.15, 0.2) is 0 Å². The molecule has 1 fully saturated rings. The summed E-state index contributed by atoms with van der Waals surface area (Å²) in [5.41, 5.74) is 0.742. The van der Waals surface area contributed by atoms with Gasteiger partial charge < -0.3 is 15.3 Å². The first-order valence-corrected chi connectivity index (χ1v) is 9.04. The molecule has 0 bridgehead atoms. The second kappa shape index (κ2) is 7.31. The Balaban J connectivity index is 1.41. The number of carbonyl (C=O) groups is 1. The molecule has 1 unspecified atom stereocenters. The lowest BCUT2D eigenvalue weighted by molar-refractivity contribution is -0.117. The first-order chi connectivity index (χ1) is 13.5. The van der Waals surface area contributed by atoms with E-state index in [0.717, 1.165) is 19.4 Å². The lowest BCUT2D eigenvalue weighted by Crippen LogP contribution is -2.44. The quantitative estimate of drug-likeness (QED) is 0.501. The monoisotopic (exact) mass is 384 g/mol. The molecule has 3 aromatic rings. The van der Waals surface area contributed by atoms with Crippen LogP contribution < -0.4 is 22.3 Å². The van der Waals surface area contributed by atoms with Gasteiger partial charge in [-0.15, -0.1) is 0 Å². The minimum Gasteiger partial charge on any atom is -0.325 e. The van der Waals surface area contributed by atoms with Gasteiger partial charge in [-0.25, -0.2) is 9.59 Å². The number of likely N-dealkylation sites (tertiary alicyclic amines) is 1. The van der Waals surface area contributed by atoms with E-state index in [4.69, 9.17) is 0 Å². The smallest absolute Gasteiger partial charge is 0.325 e. The Kier molecular flexibility index (Phi) is 4.70. The number of fused-ring (bicyclic) bond motifs is 1. The molecular weight excluding hydrogens is 364 g/mol. The first-order valence-electron chi connectivity index (χ1n) is 9.04. The van der Waals surface area contributed by atoms with E-state index in [9.17, 15) is 19.2 Å². The number of piperidine rings is 1. The van der Waals surface area contributed by atoms with Crippen LogP contribution >= 0.6 is 0 Å². The van der Waals surface area contributed by atoms with Gasteiger partial charge >= 0.3 is 11.4 Å². The predicted octanol–water partition coefficient (Wildman–Crippen LogP) is -0.0182. The highest BCUT2D eigenvalue weighted by Gasteiger charge is 2.23. The van der Waals surface area contributed by atoms with Gasteiger partial charge in [-0.1, -0.05) is 0 Å². The molecule has 1 amide bonds. The molecule has 0 spiro atoms. The molecule has 3 heterocycles. The summed E-state index contributed by atoms with van der Waals surface area (Å²) < 4.78 is 1.52. The van der Waals surface area contributed by atoms with Crippen molar-refractivity contribution < 1.29 is 4.79 Å². The molecule has 1 saturated heterocycles. The number of amides is 1. The molecule has 2 aromatic heterocycles. The van der Waals surface area contributed by atoms with Crippen molar-refractivity contribution in [3.63, 3.8) is 0 Å². The number of H-pyrrole nitrogens is 3. The molecule has 28 heavy (non-hydrogen) atoms. The zero-order chi connectivity index (χ0) is 19.7. The van der Waals surface area contributed by atoms with Crippen molar-refractivity contribution in [3.8, 4) is 0 Å². The van der Waals surface area contributed by atoms with E-state index in [1.165, 1.54) is 16.8 Å². The Morgan fingerprint density at radius 3 is 2.75 bits per heavy atom. The maximum absolute atomic E-state index is 12.4. The second-order valence-corrected chi connectivity index (χ2v) is 6.94. The van der Waals surface area contributed by atoms with Crippen molar-refractivity contribution in [1.29, 1.82) is 0 Å². The number of anilines is 1. The van der Waals surface area contributed by atoms with Gasteiger partial charge in [0.25, 0.3) is 5.56 Å². The Morgan fingerprint density at radius 2 is 1.93 bits per heavy atom. The summed E-state index contributed by atoms with van der Waals surface area (Å²) in [6.07, 6.45) is 3.16. The number of aromatic nitrogens is 4. The minimum atomic E-state index is -0.433. The van der Waals surface area contributed by atoms with Crippen LogP contribution in [0.2, 0.25) is 0 Å². The average molecular weight is 384 g/mol. The van der Waals surface area contributed by atoms with Crippen molar-refractivity contribution in [2.75, 3.05) is 25.0 Å². The van der Waals surface area contributed by atoms with E-state index in [1.807, 2.05) is 4.90 Å². The van der Waals surface area contributed by atoms with Crippen molar-refractivity contribution in [2.45, 2.75) is 18.9 Å². The summed E-state index contributed by atoms with van der Waals surface area (Å²) in [4.78, 5) is 56.6. The third-order valence-corrected chi connectivity index (χ3v) is 4.89. The summed E-state index contributed by atoms with van der Waals surface area (Å²) in [6.45, 7) is 1.49. The molecule has 0 radical (unpaired) electrons. The lowest BCUT2D eigenvalue weighted by atomic mass is 10.1. The van der Waals surface area contributed by atoms with Crippen molar-refractivity contribution in [1.82, 2.24) is 24.4 Å². The Labute approximate surface area is 158 Å². The first kappa shape index (κ1) is 18.0. The van der Waals surface area contributed by atoms with E-state index in [-0.39, 0.29) is 24.2 Å². The minimum absolute atomic E-state index is 0.0906. The zero-order valence-corrected chi connectivity index (χ0v) is 15.0. The Bertz CT molecular complexity index is 1190. The highest BCUT2D eigenvalue weighted by molar-refractivity contribution is 5.94. The molecule has 10 heteroatoms. The van der Waals surface area contributed by atoms with Gasteiger partial charge in [-0.2, -0.15) is 0 Å². The number of nitrogens with zero attached hydrogens (tertiary/aromatic N) is 2. The SMILES string of the molecule is O=C(CN1CCCC(n2ccc(=O)[nH]c2=O)C1)Nc1ccc2[nH]c(=O)[nH]c2c1. The summed E-state index contributed by atoms with van der Waals surface area (Å²) >= 11 is 0. The summed E-state index contributed by atoms with van der Waals surface area (Å²) in [7, 11) is 0. The lowest BCUT2D eigenvalue weighted by Gasteiger charge is -2.32. The fourth-order valence-corrected chi connectivity index (χ4v) is 3.63. The summed E-state index contributed by atoms with van der Waals surface area (Å²) in [5.74, 6) is -0.174. The van der Waals surface area contributed by atoms with Crippen LogP contribution in [0, 0.1) is 0 Å². The van der Waals surface area contributed by atoms with Crippen molar-refractivity contribution in [3.05, 3.63) is 61.8 Å².